The first kappa shape index (κ1) is 16.3. The van der Waals surface area contributed by atoms with Gasteiger partial charge in [0.25, 0.3) is 5.91 Å². The van der Waals surface area contributed by atoms with Crippen LogP contribution in [0.25, 0.3) is 15.3 Å². The van der Waals surface area contributed by atoms with Crippen LogP contribution in [-0.4, -0.2) is 20.7 Å². The smallest absolute Gasteiger partial charge is 0.256 e. The van der Waals surface area contributed by atoms with E-state index in [0.29, 0.717) is 21.3 Å². The number of hydrogen-bond acceptors (Lipinski definition) is 4. The summed E-state index contributed by atoms with van der Waals surface area (Å²) in [6.45, 7) is 1.77. The fourth-order valence-corrected chi connectivity index (χ4v) is 3.49. The number of carbonyl (C=O) groups is 1. The molecule has 2 heterocycles. The number of aryl methyl sites for hydroxylation is 1. The predicted octanol–water partition coefficient (Wildman–Crippen LogP) is 4.32. The summed E-state index contributed by atoms with van der Waals surface area (Å²) in [6.07, 6.45) is 0. The molecule has 0 bridgehead atoms. The highest BCUT2D eigenvalue weighted by Crippen LogP contribution is 2.28. The van der Waals surface area contributed by atoms with Crippen LogP contribution in [0.4, 0.5) is 14.6 Å². The van der Waals surface area contributed by atoms with Crippen LogP contribution in [0.5, 0.6) is 0 Å². The van der Waals surface area contributed by atoms with E-state index in [1.165, 1.54) is 40.3 Å². The first-order valence-corrected chi connectivity index (χ1v) is 8.52. The second-order valence-corrected chi connectivity index (χ2v) is 6.64. The van der Waals surface area contributed by atoms with Crippen LogP contribution in [0.1, 0.15) is 16.1 Å². The Morgan fingerprint density at radius 3 is 2.73 bits per heavy atom. The van der Waals surface area contributed by atoms with Crippen molar-refractivity contribution < 1.29 is 13.6 Å². The van der Waals surface area contributed by atoms with Crippen molar-refractivity contribution in [3.63, 3.8) is 0 Å². The van der Waals surface area contributed by atoms with E-state index in [0.717, 1.165) is 6.07 Å². The molecule has 4 aromatic rings. The number of aromatic nitrogens is 3. The Kier molecular flexibility index (Phi) is 3.96. The van der Waals surface area contributed by atoms with Crippen molar-refractivity contribution in [3.05, 3.63) is 71.4 Å². The lowest BCUT2D eigenvalue weighted by Gasteiger charge is -2.06. The third kappa shape index (κ3) is 2.95. The molecule has 0 fully saturated rings. The van der Waals surface area contributed by atoms with Crippen LogP contribution >= 0.6 is 11.3 Å². The second kappa shape index (κ2) is 6.30. The maximum Gasteiger partial charge on any atom is 0.256 e. The highest BCUT2D eigenvalue weighted by molar-refractivity contribution is 7.20. The standard InChI is InChI=1S/C18H12F2N4OS/c1-10-8-15(21-17(25)11-4-2-5-12(19)9-11)24(23-10)18-22-16-13(20)6-3-7-14(16)26-18/h2-9H,1H3,(H,21,25). The number of fused-ring (bicyclic) bond motifs is 1. The number of amides is 1. The number of rotatable bonds is 3. The fraction of sp³-hybridized carbons (Fsp3) is 0.0556. The molecule has 5 nitrogen and oxygen atoms in total. The van der Waals surface area contributed by atoms with Crippen LogP contribution in [0.3, 0.4) is 0 Å². The van der Waals surface area contributed by atoms with Crippen molar-refractivity contribution >= 4 is 33.3 Å². The van der Waals surface area contributed by atoms with E-state index >= 15 is 0 Å². The van der Waals surface area contributed by atoms with Crippen molar-refractivity contribution in [2.75, 3.05) is 5.32 Å². The van der Waals surface area contributed by atoms with Crippen molar-refractivity contribution in [1.29, 1.82) is 0 Å². The molecule has 26 heavy (non-hydrogen) atoms. The maximum absolute atomic E-state index is 13.9. The SMILES string of the molecule is Cc1cc(NC(=O)c2cccc(F)c2)n(-c2nc3c(F)cccc3s2)n1. The molecule has 0 spiro atoms. The summed E-state index contributed by atoms with van der Waals surface area (Å²) in [5.74, 6) is -1.02. The van der Waals surface area contributed by atoms with Gasteiger partial charge < -0.3 is 5.32 Å². The molecule has 0 atom stereocenters. The van der Waals surface area contributed by atoms with E-state index in [-0.39, 0.29) is 11.1 Å². The first-order chi connectivity index (χ1) is 12.5. The summed E-state index contributed by atoms with van der Waals surface area (Å²) in [4.78, 5) is 16.7. The van der Waals surface area contributed by atoms with Gasteiger partial charge in [0.05, 0.1) is 10.4 Å². The zero-order chi connectivity index (χ0) is 18.3. The molecule has 2 aromatic carbocycles. The Balaban J connectivity index is 1.72. The number of thiazole rings is 1. The van der Waals surface area contributed by atoms with Gasteiger partial charge in [-0.3, -0.25) is 4.79 Å². The number of benzene rings is 2. The molecule has 4 rings (SSSR count). The summed E-state index contributed by atoms with van der Waals surface area (Å²) in [6, 6.07) is 11.8. The minimum absolute atomic E-state index is 0.186. The summed E-state index contributed by atoms with van der Waals surface area (Å²) in [5, 5.41) is 7.45. The summed E-state index contributed by atoms with van der Waals surface area (Å²) in [5.41, 5.74) is 1.09. The molecule has 0 aliphatic rings. The Morgan fingerprint density at radius 2 is 1.96 bits per heavy atom. The first-order valence-electron chi connectivity index (χ1n) is 7.70. The Bertz CT molecular complexity index is 1140. The lowest BCUT2D eigenvalue weighted by atomic mass is 10.2. The number of hydrogen-bond donors (Lipinski definition) is 1. The maximum atomic E-state index is 13.9. The van der Waals surface area contributed by atoms with Crippen LogP contribution in [-0.2, 0) is 0 Å². The highest BCUT2D eigenvalue weighted by atomic mass is 32.1. The summed E-state index contributed by atoms with van der Waals surface area (Å²) in [7, 11) is 0. The Labute approximate surface area is 150 Å². The van der Waals surface area contributed by atoms with Gasteiger partial charge in [-0.25, -0.2) is 13.8 Å². The largest absolute Gasteiger partial charge is 0.306 e. The van der Waals surface area contributed by atoms with Gasteiger partial charge in [0.2, 0.25) is 5.13 Å². The van der Waals surface area contributed by atoms with Crippen LogP contribution < -0.4 is 5.32 Å². The molecular weight excluding hydrogens is 358 g/mol. The highest BCUT2D eigenvalue weighted by Gasteiger charge is 2.16. The van der Waals surface area contributed by atoms with Gasteiger partial charge in [-0.1, -0.05) is 23.5 Å². The molecule has 1 amide bonds. The molecule has 130 valence electrons. The zero-order valence-electron chi connectivity index (χ0n) is 13.5. The van der Waals surface area contributed by atoms with E-state index < -0.39 is 17.5 Å². The van der Waals surface area contributed by atoms with Crippen molar-refractivity contribution in [1.82, 2.24) is 14.8 Å². The number of anilines is 1. The minimum Gasteiger partial charge on any atom is -0.306 e. The molecule has 0 aliphatic carbocycles. The lowest BCUT2D eigenvalue weighted by Crippen LogP contribution is -2.15. The number of para-hydroxylation sites is 1. The number of carbonyl (C=O) groups excluding carboxylic acids is 1. The molecule has 0 saturated heterocycles. The van der Waals surface area contributed by atoms with Crippen LogP contribution in [0, 0.1) is 18.6 Å². The predicted molar refractivity (Wildman–Crippen MR) is 95.8 cm³/mol. The minimum atomic E-state index is -0.496. The van der Waals surface area contributed by atoms with Gasteiger partial charge >= 0.3 is 0 Å². The third-order valence-corrected chi connectivity index (χ3v) is 4.70. The van der Waals surface area contributed by atoms with Gasteiger partial charge in [-0.15, -0.1) is 0 Å². The summed E-state index contributed by atoms with van der Waals surface area (Å²) < 4.78 is 29.3. The normalized spacial score (nSPS) is 11.0. The van der Waals surface area contributed by atoms with E-state index in [9.17, 15) is 13.6 Å². The Morgan fingerprint density at radius 1 is 1.15 bits per heavy atom. The van der Waals surface area contributed by atoms with E-state index in [2.05, 4.69) is 15.4 Å². The topological polar surface area (TPSA) is 59.8 Å². The van der Waals surface area contributed by atoms with Gasteiger partial charge in [0.15, 0.2) is 0 Å². The summed E-state index contributed by atoms with van der Waals surface area (Å²) >= 11 is 1.26. The molecular formula is C18H12F2N4OS. The van der Waals surface area contributed by atoms with Gasteiger partial charge in [-0.05, 0) is 37.3 Å². The third-order valence-electron chi connectivity index (χ3n) is 3.70. The molecule has 0 radical (unpaired) electrons. The lowest BCUT2D eigenvalue weighted by molar-refractivity contribution is 0.102. The molecule has 0 unspecified atom stereocenters. The number of nitrogens with one attached hydrogen (secondary N) is 1. The molecule has 1 N–H and O–H groups in total. The fourth-order valence-electron chi connectivity index (χ4n) is 2.55. The van der Waals surface area contributed by atoms with Gasteiger partial charge in [-0.2, -0.15) is 9.78 Å². The van der Waals surface area contributed by atoms with Gasteiger partial charge in [0, 0.05) is 11.6 Å². The average Bonchev–Trinajstić information content (AvgIpc) is 3.19. The van der Waals surface area contributed by atoms with Crippen molar-refractivity contribution in [2.24, 2.45) is 0 Å². The number of nitrogens with zero attached hydrogens (tertiary/aromatic N) is 3. The van der Waals surface area contributed by atoms with Crippen molar-refractivity contribution in [2.45, 2.75) is 6.92 Å². The van der Waals surface area contributed by atoms with Gasteiger partial charge in [0.1, 0.15) is 23.0 Å². The Hall–Kier alpha value is -3.13. The van der Waals surface area contributed by atoms with E-state index in [1.54, 1.807) is 25.1 Å². The average molecular weight is 370 g/mol. The molecule has 0 saturated carbocycles. The molecule has 2 aromatic heterocycles. The quantitative estimate of drug-likeness (QED) is 0.584. The number of halogens is 2. The van der Waals surface area contributed by atoms with Crippen molar-refractivity contribution in [3.8, 4) is 5.13 Å². The molecule has 8 heteroatoms. The second-order valence-electron chi connectivity index (χ2n) is 5.63. The van der Waals surface area contributed by atoms with E-state index in [4.69, 9.17) is 0 Å². The zero-order valence-corrected chi connectivity index (χ0v) is 14.3. The monoisotopic (exact) mass is 370 g/mol. The molecule has 0 aliphatic heterocycles. The van der Waals surface area contributed by atoms with Crippen LogP contribution in [0.2, 0.25) is 0 Å². The van der Waals surface area contributed by atoms with Crippen LogP contribution in [0.15, 0.2) is 48.5 Å². The van der Waals surface area contributed by atoms with E-state index in [1.807, 2.05) is 0 Å².